The van der Waals surface area contributed by atoms with Gasteiger partial charge in [0, 0.05) is 35.8 Å². The molecule has 1 N–H and O–H groups in total. The van der Waals surface area contributed by atoms with Gasteiger partial charge in [-0.3, -0.25) is 14.4 Å². The molecule has 3 rings (SSSR count). The highest BCUT2D eigenvalue weighted by Gasteiger charge is 2.28. The summed E-state index contributed by atoms with van der Waals surface area (Å²) in [6, 6.07) is 14.5. The number of anilines is 1. The van der Waals surface area contributed by atoms with Crippen LogP contribution in [0.15, 0.2) is 48.5 Å². The number of hydrogen-bond acceptors (Lipinski definition) is 3. The van der Waals surface area contributed by atoms with E-state index in [1.54, 1.807) is 24.3 Å². The second-order valence-electron chi connectivity index (χ2n) is 7.06. The summed E-state index contributed by atoms with van der Waals surface area (Å²) in [5.41, 5.74) is 2.96. The van der Waals surface area contributed by atoms with Crippen LogP contribution in [0.25, 0.3) is 0 Å². The van der Waals surface area contributed by atoms with E-state index in [-0.39, 0.29) is 23.5 Å². The normalized spacial score (nSPS) is 14.7. The number of nitrogens with zero attached hydrogens (tertiary/aromatic N) is 1. The van der Waals surface area contributed by atoms with Gasteiger partial charge >= 0.3 is 0 Å². The average molecular weight is 364 g/mol. The van der Waals surface area contributed by atoms with E-state index in [4.69, 9.17) is 0 Å². The van der Waals surface area contributed by atoms with Crippen molar-refractivity contribution in [2.75, 3.05) is 18.4 Å². The van der Waals surface area contributed by atoms with Crippen LogP contribution in [0.4, 0.5) is 5.69 Å². The minimum Gasteiger partial charge on any atom is -0.339 e. The van der Waals surface area contributed by atoms with Crippen LogP contribution >= 0.6 is 0 Å². The van der Waals surface area contributed by atoms with Crippen molar-refractivity contribution in [2.24, 2.45) is 5.92 Å². The van der Waals surface area contributed by atoms with Crippen molar-refractivity contribution in [3.63, 3.8) is 0 Å². The van der Waals surface area contributed by atoms with E-state index in [1.165, 1.54) is 6.92 Å². The number of hydrogen-bond donors (Lipinski definition) is 1. The lowest BCUT2D eigenvalue weighted by molar-refractivity contribution is -0.121. The topological polar surface area (TPSA) is 66.5 Å². The third-order valence-corrected chi connectivity index (χ3v) is 4.95. The van der Waals surface area contributed by atoms with Crippen LogP contribution in [0.2, 0.25) is 0 Å². The Balaban J connectivity index is 1.57. The molecular formula is C22H24N2O3. The second-order valence-corrected chi connectivity index (χ2v) is 7.06. The molecule has 0 bridgehead atoms. The zero-order valence-corrected chi connectivity index (χ0v) is 15.7. The Morgan fingerprint density at radius 2 is 1.63 bits per heavy atom. The number of Topliss-reactive ketones (excluding diaryl/α,β-unsaturated/α-hetero) is 1. The van der Waals surface area contributed by atoms with Crippen molar-refractivity contribution in [1.29, 1.82) is 0 Å². The number of carbonyl (C=O) groups excluding carboxylic acids is 3. The van der Waals surface area contributed by atoms with Crippen LogP contribution in [-0.2, 0) is 4.79 Å². The predicted octanol–water partition coefficient (Wildman–Crippen LogP) is 3.69. The number of likely N-dealkylation sites (tertiary alicyclic amines) is 1. The fourth-order valence-electron chi connectivity index (χ4n) is 3.37. The van der Waals surface area contributed by atoms with Crippen LogP contribution in [0.3, 0.4) is 0 Å². The minimum absolute atomic E-state index is 0.0201. The zero-order chi connectivity index (χ0) is 19.4. The van der Waals surface area contributed by atoms with Crippen molar-refractivity contribution in [1.82, 2.24) is 4.90 Å². The van der Waals surface area contributed by atoms with E-state index in [9.17, 15) is 14.4 Å². The smallest absolute Gasteiger partial charge is 0.253 e. The van der Waals surface area contributed by atoms with Crippen molar-refractivity contribution in [2.45, 2.75) is 26.7 Å². The van der Waals surface area contributed by atoms with Gasteiger partial charge in [0.15, 0.2) is 5.78 Å². The fraction of sp³-hybridized carbons (Fsp3) is 0.318. The Kier molecular flexibility index (Phi) is 5.69. The quantitative estimate of drug-likeness (QED) is 0.842. The Morgan fingerprint density at radius 1 is 0.963 bits per heavy atom. The van der Waals surface area contributed by atoms with E-state index in [0.29, 0.717) is 42.7 Å². The Morgan fingerprint density at radius 3 is 2.30 bits per heavy atom. The predicted molar refractivity (Wildman–Crippen MR) is 105 cm³/mol. The second kappa shape index (κ2) is 8.16. The maximum Gasteiger partial charge on any atom is 0.253 e. The number of aryl methyl sites for hydroxylation is 1. The first kappa shape index (κ1) is 18.8. The molecular weight excluding hydrogens is 340 g/mol. The molecule has 0 spiro atoms. The summed E-state index contributed by atoms with van der Waals surface area (Å²) >= 11 is 0. The molecule has 0 unspecified atom stereocenters. The molecule has 27 heavy (non-hydrogen) atoms. The van der Waals surface area contributed by atoms with Gasteiger partial charge in [0.25, 0.3) is 5.91 Å². The summed E-state index contributed by atoms with van der Waals surface area (Å²) < 4.78 is 0. The van der Waals surface area contributed by atoms with Gasteiger partial charge in [-0.2, -0.15) is 0 Å². The SMILES string of the molecule is CC(=O)c1cccc(NC(=O)C2CCN(C(=O)c3cccc(C)c3)CC2)c1. The molecule has 2 aromatic carbocycles. The minimum atomic E-state index is -0.132. The lowest BCUT2D eigenvalue weighted by atomic mass is 9.95. The van der Waals surface area contributed by atoms with E-state index in [0.717, 1.165) is 5.56 Å². The molecule has 1 heterocycles. The molecule has 0 radical (unpaired) electrons. The lowest BCUT2D eigenvalue weighted by Crippen LogP contribution is -2.41. The van der Waals surface area contributed by atoms with E-state index in [1.807, 2.05) is 36.1 Å². The van der Waals surface area contributed by atoms with E-state index in [2.05, 4.69) is 5.32 Å². The molecule has 0 aliphatic carbocycles. The Hall–Kier alpha value is -2.95. The summed E-state index contributed by atoms with van der Waals surface area (Å²) in [6.07, 6.45) is 1.27. The highest BCUT2D eigenvalue weighted by molar-refractivity contribution is 5.98. The van der Waals surface area contributed by atoms with Gasteiger partial charge in [-0.1, -0.05) is 29.8 Å². The molecule has 1 aliphatic heterocycles. The zero-order valence-electron chi connectivity index (χ0n) is 15.7. The molecule has 2 amide bonds. The molecule has 2 aromatic rings. The van der Waals surface area contributed by atoms with Crippen molar-refractivity contribution in [3.8, 4) is 0 Å². The van der Waals surface area contributed by atoms with Gasteiger partial charge in [-0.05, 0) is 51.0 Å². The van der Waals surface area contributed by atoms with Gasteiger partial charge in [-0.25, -0.2) is 0 Å². The third kappa shape index (κ3) is 4.61. The largest absolute Gasteiger partial charge is 0.339 e. The number of rotatable bonds is 4. The molecule has 1 saturated heterocycles. The first-order valence-corrected chi connectivity index (χ1v) is 9.22. The maximum absolute atomic E-state index is 12.6. The molecule has 5 nitrogen and oxygen atoms in total. The Labute approximate surface area is 159 Å². The average Bonchev–Trinajstić information content (AvgIpc) is 2.67. The van der Waals surface area contributed by atoms with Gasteiger partial charge < -0.3 is 10.2 Å². The van der Waals surface area contributed by atoms with Crippen LogP contribution < -0.4 is 5.32 Å². The highest BCUT2D eigenvalue weighted by Crippen LogP contribution is 2.22. The Bertz CT molecular complexity index is 867. The van der Waals surface area contributed by atoms with E-state index >= 15 is 0 Å². The van der Waals surface area contributed by atoms with Crippen LogP contribution in [0, 0.1) is 12.8 Å². The number of carbonyl (C=O) groups is 3. The summed E-state index contributed by atoms with van der Waals surface area (Å²) in [4.78, 5) is 38.4. The first-order valence-electron chi connectivity index (χ1n) is 9.22. The number of nitrogens with one attached hydrogen (secondary N) is 1. The van der Waals surface area contributed by atoms with Crippen molar-refractivity contribution in [3.05, 3.63) is 65.2 Å². The molecule has 5 heteroatoms. The number of ketones is 1. The lowest BCUT2D eigenvalue weighted by Gasteiger charge is -2.31. The summed E-state index contributed by atoms with van der Waals surface area (Å²) in [6.45, 7) is 4.60. The van der Waals surface area contributed by atoms with Gasteiger partial charge in [0.05, 0.1) is 0 Å². The van der Waals surface area contributed by atoms with Crippen molar-refractivity contribution >= 4 is 23.3 Å². The summed E-state index contributed by atoms with van der Waals surface area (Å²) in [7, 11) is 0. The van der Waals surface area contributed by atoms with Crippen molar-refractivity contribution < 1.29 is 14.4 Å². The van der Waals surface area contributed by atoms with Crippen LogP contribution in [-0.4, -0.2) is 35.6 Å². The third-order valence-electron chi connectivity index (χ3n) is 4.95. The van der Waals surface area contributed by atoms with Crippen LogP contribution in [0.1, 0.15) is 46.0 Å². The van der Waals surface area contributed by atoms with Crippen LogP contribution in [0.5, 0.6) is 0 Å². The monoisotopic (exact) mass is 364 g/mol. The fourth-order valence-corrected chi connectivity index (χ4v) is 3.37. The number of amides is 2. The molecule has 1 aliphatic rings. The number of piperidine rings is 1. The first-order chi connectivity index (χ1) is 12.9. The summed E-state index contributed by atoms with van der Waals surface area (Å²) in [5.74, 6) is -0.202. The molecule has 0 aromatic heterocycles. The standard InChI is InChI=1S/C22H24N2O3/c1-15-5-3-7-19(13-15)22(27)24-11-9-17(10-12-24)21(26)23-20-8-4-6-18(14-20)16(2)25/h3-8,13-14,17H,9-12H2,1-2H3,(H,23,26). The van der Waals surface area contributed by atoms with E-state index < -0.39 is 0 Å². The molecule has 0 saturated carbocycles. The molecule has 1 fully saturated rings. The highest BCUT2D eigenvalue weighted by atomic mass is 16.2. The molecule has 140 valence electrons. The summed E-state index contributed by atoms with van der Waals surface area (Å²) in [5, 5.41) is 2.90. The maximum atomic E-state index is 12.6. The van der Waals surface area contributed by atoms with Gasteiger partial charge in [-0.15, -0.1) is 0 Å². The van der Waals surface area contributed by atoms with Gasteiger partial charge in [0.1, 0.15) is 0 Å². The number of benzene rings is 2. The molecule has 0 atom stereocenters. The van der Waals surface area contributed by atoms with Gasteiger partial charge in [0.2, 0.25) is 5.91 Å².